The van der Waals surface area contributed by atoms with Gasteiger partial charge >= 0.3 is 0 Å². The van der Waals surface area contributed by atoms with Gasteiger partial charge in [-0.05, 0) is 44.1 Å². The Morgan fingerprint density at radius 1 is 1.04 bits per heavy atom. The summed E-state index contributed by atoms with van der Waals surface area (Å²) in [5, 5.41) is 3.24. The quantitative estimate of drug-likeness (QED) is 0.768. The van der Waals surface area contributed by atoms with Gasteiger partial charge in [-0.2, -0.15) is 0 Å². The van der Waals surface area contributed by atoms with Gasteiger partial charge < -0.3 is 20.0 Å². The lowest BCUT2D eigenvalue weighted by Gasteiger charge is -2.31. The molecule has 2 aliphatic heterocycles. The molecule has 3 rings (SSSR count). The second kappa shape index (κ2) is 10.5. The largest absolute Gasteiger partial charge is 0.340 e. The minimum absolute atomic E-state index is 0.0801. The molecule has 1 aromatic rings. The van der Waals surface area contributed by atoms with Gasteiger partial charge in [-0.1, -0.05) is 12.5 Å². The van der Waals surface area contributed by atoms with Crippen molar-refractivity contribution in [1.82, 2.24) is 20.0 Å². The van der Waals surface area contributed by atoms with E-state index < -0.39 is 5.82 Å². The molecule has 28 heavy (non-hydrogen) atoms. The predicted molar refractivity (Wildman–Crippen MR) is 107 cm³/mol. The summed E-state index contributed by atoms with van der Waals surface area (Å²) in [5.41, 5.74) is 0.341. The van der Waals surface area contributed by atoms with E-state index in [1.165, 1.54) is 31.4 Å². The van der Waals surface area contributed by atoms with Crippen LogP contribution in [0.4, 0.5) is 4.39 Å². The number of rotatable bonds is 7. The Balaban J connectivity index is 1.60. The van der Waals surface area contributed by atoms with Crippen LogP contribution in [0.1, 0.15) is 36.0 Å². The predicted octanol–water partition coefficient (Wildman–Crippen LogP) is 1.58. The summed E-state index contributed by atoms with van der Waals surface area (Å²) in [5.74, 6) is -0.542. The Hall–Kier alpha value is -1.99. The Labute approximate surface area is 166 Å². The van der Waals surface area contributed by atoms with Crippen LogP contribution in [0.25, 0.3) is 0 Å². The van der Waals surface area contributed by atoms with Crippen molar-refractivity contribution in [3.8, 4) is 0 Å². The maximum atomic E-state index is 13.6. The van der Waals surface area contributed by atoms with Crippen molar-refractivity contribution in [2.45, 2.75) is 25.7 Å². The molecule has 154 valence electrons. The zero-order valence-electron chi connectivity index (χ0n) is 16.5. The Bertz CT molecular complexity index is 658. The standard InChI is InChI=1S/C21H31FN4O2/c22-19-6-4-5-18(17-19)21(28)26(16-15-24-10-2-1-3-11-24)12-7-20(27)25-13-8-23-9-14-25/h4-6,17,23H,1-3,7-16H2. The fourth-order valence-electron chi connectivity index (χ4n) is 3.87. The van der Waals surface area contributed by atoms with Crippen LogP contribution >= 0.6 is 0 Å². The average Bonchev–Trinajstić information content (AvgIpc) is 2.74. The van der Waals surface area contributed by atoms with Crippen molar-refractivity contribution in [2.75, 3.05) is 58.9 Å². The number of nitrogens with one attached hydrogen (secondary N) is 1. The van der Waals surface area contributed by atoms with E-state index in [1.54, 1.807) is 17.0 Å². The zero-order valence-corrected chi connectivity index (χ0v) is 16.5. The van der Waals surface area contributed by atoms with Crippen LogP contribution < -0.4 is 5.32 Å². The molecule has 2 amide bonds. The molecule has 6 nitrogen and oxygen atoms in total. The Kier molecular flexibility index (Phi) is 7.80. The van der Waals surface area contributed by atoms with Crippen molar-refractivity contribution in [3.05, 3.63) is 35.6 Å². The molecule has 0 atom stereocenters. The molecule has 1 N–H and O–H groups in total. The molecule has 0 bridgehead atoms. The summed E-state index contributed by atoms with van der Waals surface area (Å²) >= 11 is 0. The smallest absolute Gasteiger partial charge is 0.254 e. The first-order valence-corrected chi connectivity index (χ1v) is 10.4. The minimum Gasteiger partial charge on any atom is -0.340 e. The van der Waals surface area contributed by atoms with Crippen molar-refractivity contribution in [3.63, 3.8) is 0 Å². The molecular formula is C21H31FN4O2. The molecule has 0 saturated carbocycles. The average molecular weight is 391 g/mol. The fraction of sp³-hybridized carbons (Fsp3) is 0.619. The summed E-state index contributed by atoms with van der Waals surface area (Å²) in [7, 11) is 0. The number of piperidine rings is 1. The number of piperazine rings is 1. The molecule has 2 saturated heterocycles. The molecule has 2 heterocycles. The van der Waals surface area contributed by atoms with Crippen LogP contribution in [0.2, 0.25) is 0 Å². The summed E-state index contributed by atoms with van der Waals surface area (Å²) in [4.78, 5) is 31.4. The van der Waals surface area contributed by atoms with Gasteiger partial charge in [0.15, 0.2) is 0 Å². The molecule has 1 aromatic carbocycles. The first-order valence-electron chi connectivity index (χ1n) is 10.4. The fourth-order valence-corrected chi connectivity index (χ4v) is 3.87. The van der Waals surface area contributed by atoms with E-state index in [0.717, 1.165) is 32.7 Å². The lowest BCUT2D eigenvalue weighted by atomic mass is 10.1. The summed E-state index contributed by atoms with van der Waals surface area (Å²) in [6.45, 7) is 6.89. The highest BCUT2D eigenvalue weighted by Gasteiger charge is 2.22. The summed E-state index contributed by atoms with van der Waals surface area (Å²) in [6.07, 6.45) is 3.96. The van der Waals surface area contributed by atoms with Crippen LogP contribution in [0, 0.1) is 5.82 Å². The lowest BCUT2D eigenvalue weighted by Crippen LogP contribution is -2.47. The number of halogens is 1. The van der Waals surface area contributed by atoms with E-state index in [9.17, 15) is 14.0 Å². The Morgan fingerprint density at radius 3 is 2.50 bits per heavy atom. The zero-order chi connectivity index (χ0) is 19.8. The highest BCUT2D eigenvalue weighted by molar-refractivity contribution is 5.94. The van der Waals surface area contributed by atoms with E-state index in [1.807, 2.05) is 4.90 Å². The number of carbonyl (C=O) groups is 2. The molecule has 0 unspecified atom stereocenters. The second-order valence-electron chi connectivity index (χ2n) is 7.59. The molecule has 7 heteroatoms. The van der Waals surface area contributed by atoms with Crippen molar-refractivity contribution >= 4 is 11.8 Å². The second-order valence-corrected chi connectivity index (χ2v) is 7.59. The van der Waals surface area contributed by atoms with E-state index in [2.05, 4.69) is 10.2 Å². The van der Waals surface area contributed by atoms with E-state index in [4.69, 9.17) is 0 Å². The van der Waals surface area contributed by atoms with Gasteiger partial charge in [-0.15, -0.1) is 0 Å². The number of hydrogen-bond acceptors (Lipinski definition) is 4. The van der Waals surface area contributed by atoms with Gasteiger partial charge in [-0.25, -0.2) is 4.39 Å². The number of nitrogens with zero attached hydrogens (tertiary/aromatic N) is 3. The summed E-state index contributed by atoms with van der Waals surface area (Å²) in [6, 6.07) is 5.80. The van der Waals surface area contributed by atoms with Crippen molar-refractivity contribution in [2.24, 2.45) is 0 Å². The monoisotopic (exact) mass is 390 g/mol. The molecule has 0 aliphatic carbocycles. The third-order valence-corrected chi connectivity index (χ3v) is 5.56. The van der Waals surface area contributed by atoms with Gasteiger partial charge in [-0.3, -0.25) is 9.59 Å². The van der Waals surface area contributed by atoms with Gasteiger partial charge in [0.05, 0.1) is 0 Å². The van der Waals surface area contributed by atoms with Crippen LogP contribution in [0.5, 0.6) is 0 Å². The third-order valence-electron chi connectivity index (χ3n) is 5.56. The van der Waals surface area contributed by atoms with Crippen molar-refractivity contribution < 1.29 is 14.0 Å². The van der Waals surface area contributed by atoms with Crippen LogP contribution in [0.15, 0.2) is 24.3 Å². The SMILES string of the molecule is O=C(CCN(CCN1CCCCC1)C(=O)c1cccc(F)c1)N1CCNCC1. The molecule has 2 aliphatic rings. The van der Waals surface area contributed by atoms with Gasteiger partial charge in [0.1, 0.15) is 5.82 Å². The van der Waals surface area contributed by atoms with E-state index in [-0.39, 0.29) is 11.8 Å². The third kappa shape index (κ3) is 6.01. The van der Waals surface area contributed by atoms with Crippen LogP contribution in [0.3, 0.4) is 0 Å². The number of hydrogen-bond donors (Lipinski definition) is 1. The molecule has 0 spiro atoms. The lowest BCUT2D eigenvalue weighted by molar-refractivity contribution is -0.131. The van der Waals surface area contributed by atoms with E-state index >= 15 is 0 Å². The maximum absolute atomic E-state index is 13.6. The number of amides is 2. The Morgan fingerprint density at radius 2 is 1.79 bits per heavy atom. The molecule has 0 aromatic heterocycles. The summed E-state index contributed by atoms with van der Waals surface area (Å²) < 4.78 is 13.6. The number of benzene rings is 1. The molecule has 0 radical (unpaired) electrons. The van der Waals surface area contributed by atoms with Crippen LogP contribution in [-0.4, -0.2) is 85.4 Å². The van der Waals surface area contributed by atoms with Gasteiger partial charge in [0.25, 0.3) is 5.91 Å². The highest BCUT2D eigenvalue weighted by atomic mass is 19.1. The van der Waals surface area contributed by atoms with E-state index in [0.29, 0.717) is 38.2 Å². The minimum atomic E-state index is -0.418. The topological polar surface area (TPSA) is 55.9 Å². The normalized spacial score (nSPS) is 18.1. The van der Waals surface area contributed by atoms with Gasteiger partial charge in [0, 0.05) is 57.8 Å². The first kappa shape index (κ1) is 20.7. The maximum Gasteiger partial charge on any atom is 0.254 e. The first-order chi connectivity index (χ1) is 13.6. The molecule has 2 fully saturated rings. The van der Waals surface area contributed by atoms with Crippen molar-refractivity contribution in [1.29, 1.82) is 0 Å². The number of likely N-dealkylation sites (tertiary alicyclic amines) is 1. The van der Waals surface area contributed by atoms with Gasteiger partial charge in [0.2, 0.25) is 5.91 Å². The van der Waals surface area contributed by atoms with Crippen LogP contribution in [-0.2, 0) is 4.79 Å². The molecular weight excluding hydrogens is 359 g/mol. The number of carbonyl (C=O) groups excluding carboxylic acids is 2. The highest BCUT2D eigenvalue weighted by Crippen LogP contribution is 2.12.